The monoisotopic (exact) mass is 156 g/mol. The highest BCUT2D eigenvalue weighted by Gasteiger charge is 2.17. The van der Waals surface area contributed by atoms with E-state index in [9.17, 15) is 4.79 Å². The Morgan fingerprint density at radius 1 is 1.36 bits per heavy atom. The Hall–Kier alpha value is -0.570. The number of nitrogens with zero attached hydrogens (tertiary/aromatic N) is 2. The first-order valence-electron chi connectivity index (χ1n) is 4.12. The zero-order valence-corrected chi connectivity index (χ0v) is 7.34. The number of likely N-dealkylation sites (tertiary alicyclic amines) is 1. The Balaban J connectivity index is 2.28. The van der Waals surface area contributed by atoms with Crippen LogP contribution in [0.2, 0.25) is 0 Å². The van der Waals surface area contributed by atoms with Crippen molar-refractivity contribution in [3.05, 3.63) is 0 Å². The molecule has 0 radical (unpaired) electrons. The van der Waals surface area contributed by atoms with Crippen LogP contribution in [-0.4, -0.2) is 49.4 Å². The highest BCUT2D eigenvalue weighted by molar-refractivity contribution is 5.78. The molecule has 1 aliphatic heterocycles. The Morgan fingerprint density at radius 3 is 2.36 bits per heavy atom. The summed E-state index contributed by atoms with van der Waals surface area (Å²) in [6.07, 6.45) is 2.36. The summed E-state index contributed by atoms with van der Waals surface area (Å²) in [5, 5.41) is 0. The standard InChI is InChI=1S/C8H16N2O/c1-9(2)7-8(11)10-5-3-4-6-10/h3-7H2,1-2H3. The van der Waals surface area contributed by atoms with E-state index in [1.54, 1.807) is 0 Å². The van der Waals surface area contributed by atoms with Gasteiger partial charge in [0.15, 0.2) is 0 Å². The molecule has 1 amide bonds. The van der Waals surface area contributed by atoms with Crippen LogP contribution in [-0.2, 0) is 4.79 Å². The van der Waals surface area contributed by atoms with Crippen LogP contribution in [0.4, 0.5) is 0 Å². The van der Waals surface area contributed by atoms with Crippen molar-refractivity contribution < 1.29 is 4.79 Å². The summed E-state index contributed by atoms with van der Waals surface area (Å²) >= 11 is 0. The highest BCUT2D eigenvalue weighted by atomic mass is 16.2. The fourth-order valence-electron chi connectivity index (χ4n) is 1.34. The van der Waals surface area contributed by atoms with Crippen LogP contribution in [0.25, 0.3) is 0 Å². The van der Waals surface area contributed by atoms with Crippen molar-refractivity contribution in [3.63, 3.8) is 0 Å². The van der Waals surface area contributed by atoms with E-state index >= 15 is 0 Å². The number of hydrogen-bond donors (Lipinski definition) is 0. The van der Waals surface area contributed by atoms with Gasteiger partial charge in [-0.05, 0) is 26.9 Å². The van der Waals surface area contributed by atoms with E-state index in [4.69, 9.17) is 0 Å². The van der Waals surface area contributed by atoms with E-state index < -0.39 is 0 Å². The molecule has 0 unspecified atom stereocenters. The maximum Gasteiger partial charge on any atom is 0.236 e. The van der Waals surface area contributed by atoms with Gasteiger partial charge in [-0.2, -0.15) is 0 Å². The SMILES string of the molecule is CN(C)CC(=O)N1CCCC1. The highest BCUT2D eigenvalue weighted by Crippen LogP contribution is 2.07. The van der Waals surface area contributed by atoms with Gasteiger partial charge in [0.2, 0.25) is 5.91 Å². The van der Waals surface area contributed by atoms with E-state index in [0.717, 1.165) is 13.1 Å². The lowest BCUT2D eigenvalue weighted by Gasteiger charge is -2.17. The van der Waals surface area contributed by atoms with Gasteiger partial charge < -0.3 is 9.80 Å². The number of carbonyl (C=O) groups excluding carboxylic acids is 1. The Bertz CT molecular complexity index is 139. The molecule has 3 heteroatoms. The zero-order valence-electron chi connectivity index (χ0n) is 7.34. The second-order valence-electron chi connectivity index (χ2n) is 3.33. The summed E-state index contributed by atoms with van der Waals surface area (Å²) in [6, 6.07) is 0. The van der Waals surface area contributed by atoms with Crippen LogP contribution >= 0.6 is 0 Å². The van der Waals surface area contributed by atoms with Gasteiger partial charge in [-0.25, -0.2) is 0 Å². The maximum atomic E-state index is 11.3. The lowest BCUT2D eigenvalue weighted by atomic mass is 10.4. The third kappa shape index (κ3) is 2.50. The molecule has 1 fully saturated rings. The normalized spacial score (nSPS) is 17.9. The van der Waals surface area contributed by atoms with E-state index in [-0.39, 0.29) is 5.91 Å². The van der Waals surface area contributed by atoms with Crippen LogP contribution in [0.3, 0.4) is 0 Å². The van der Waals surface area contributed by atoms with E-state index in [1.165, 1.54) is 12.8 Å². The molecular weight excluding hydrogens is 140 g/mol. The van der Waals surface area contributed by atoms with Crippen molar-refractivity contribution in [2.45, 2.75) is 12.8 Å². The largest absolute Gasteiger partial charge is 0.342 e. The van der Waals surface area contributed by atoms with Gasteiger partial charge >= 0.3 is 0 Å². The van der Waals surface area contributed by atoms with E-state index in [2.05, 4.69) is 0 Å². The first kappa shape index (κ1) is 8.53. The van der Waals surface area contributed by atoms with Gasteiger partial charge in [0.05, 0.1) is 6.54 Å². The summed E-state index contributed by atoms with van der Waals surface area (Å²) in [5.41, 5.74) is 0. The molecule has 1 aliphatic rings. The molecule has 0 atom stereocenters. The van der Waals surface area contributed by atoms with Gasteiger partial charge in [0, 0.05) is 13.1 Å². The number of amides is 1. The molecule has 0 aromatic heterocycles. The zero-order chi connectivity index (χ0) is 8.27. The first-order chi connectivity index (χ1) is 5.20. The summed E-state index contributed by atoms with van der Waals surface area (Å²) in [6.45, 7) is 2.49. The predicted molar refractivity (Wildman–Crippen MR) is 44.4 cm³/mol. The molecule has 0 N–H and O–H groups in total. The molecule has 0 spiro atoms. The second kappa shape index (κ2) is 3.72. The first-order valence-corrected chi connectivity index (χ1v) is 4.12. The molecule has 1 saturated heterocycles. The van der Waals surface area contributed by atoms with Crippen LogP contribution < -0.4 is 0 Å². The van der Waals surface area contributed by atoms with Crippen molar-refractivity contribution in [2.24, 2.45) is 0 Å². The third-order valence-corrected chi connectivity index (χ3v) is 1.91. The van der Waals surface area contributed by atoms with Crippen molar-refractivity contribution in [1.29, 1.82) is 0 Å². The molecule has 64 valence electrons. The third-order valence-electron chi connectivity index (χ3n) is 1.91. The molecule has 1 rings (SSSR count). The van der Waals surface area contributed by atoms with Crippen LogP contribution in [0.1, 0.15) is 12.8 Å². The smallest absolute Gasteiger partial charge is 0.236 e. The van der Waals surface area contributed by atoms with E-state index in [1.807, 2.05) is 23.9 Å². The molecule has 3 nitrogen and oxygen atoms in total. The lowest BCUT2D eigenvalue weighted by molar-refractivity contribution is -0.130. The predicted octanol–water partition coefficient (Wildman–Crippen LogP) is 0.170. The minimum absolute atomic E-state index is 0.271. The summed E-state index contributed by atoms with van der Waals surface area (Å²) < 4.78 is 0. The van der Waals surface area contributed by atoms with Gasteiger partial charge in [-0.15, -0.1) is 0 Å². The molecule has 0 aliphatic carbocycles. The molecule has 0 aromatic carbocycles. The number of likely N-dealkylation sites (N-methyl/N-ethyl adjacent to an activating group) is 1. The van der Waals surface area contributed by atoms with Crippen molar-refractivity contribution in [3.8, 4) is 0 Å². The number of carbonyl (C=O) groups is 1. The number of rotatable bonds is 2. The van der Waals surface area contributed by atoms with Crippen molar-refractivity contribution in [2.75, 3.05) is 33.7 Å². The van der Waals surface area contributed by atoms with Crippen molar-refractivity contribution in [1.82, 2.24) is 9.80 Å². The topological polar surface area (TPSA) is 23.6 Å². The van der Waals surface area contributed by atoms with Gasteiger partial charge in [0.25, 0.3) is 0 Å². The molecule has 0 bridgehead atoms. The minimum atomic E-state index is 0.271. The quantitative estimate of drug-likeness (QED) is 0.569. The fourth-order valence-corrected chi connectivity index (χ4v) is 1.34. The lowest BCUT2D eigenvalue weighted by Crippen LogP contribution is -2.35. The van der Waals surface area contributed by atoms with E-state index in [0.29, 0.717) is 6.54 Å². The van der Waals surface area contributed by atoms with Crippen molar-refractivity contribution >= 4 is 5.91 Å². The average molecular weight is 156 g/mol. The molecule has 1 heterocycles. The molecule has 0 saturated carbocycles. The fraction of sp³-hybridized carbons (Fsp3) is 0.875. The Kier molecular flexibility index (Phi) is 2.88. The summed E-state index contributed by atoms with van der Waals surface area (Å²) in [4.78, 5) is 15.2. The molecular formula is C8H16N2O. The summed E-state index contributed by atoms with van der Waals surface area (Å²) in [7, 11) is 3.85. The summed E-state index contributed by atoms with van der Waals surface area (Å²) in [5.74, 6) is 0.271. The minimum Gasteiger partial charge on any atom is -0.342 e. The van der Waals surface area contributed by atoms with Crippen LogP contribution in [0.15, 0.2) is 0 Å². The van der Waals surface area contributed by atoms with Crippen LogP contribution in [0.5, 0.6) is 0 Å². The molecule has 0 aromatic rings. The van der Waals surface area contributed by atoms with Gasteiger partial charge in [0.1, 0.15) is 0 Å². The average Bonchev–Trinajstić information content (AvgIpc) is 2.35. The van der Waals surface area contributed by atoms with Gasteiger partial charge in [-0.1, -0.05) is 0 Å². The van der Waals surface area contributed by atoms with Gasteiger partial charge in [-0.3, -0.25) is 4.79 Å². The molecule has 11 heavy (non-hydrogen) atoms. The second-order valence-corrected chi connectivity index (χ2v) is 3.33. The Morgan fingerprint density at radius 2 is 1.91 bits per heavy atom. The Labute approximate surface area is 68.0 Å². The number of hydrogen-bond acceptors (Lipinski definition) is 2. The van der Waals surface area contributed by atoms with Crippen LogP contribution in [0, 0.1) is 0 Å². The maximum absolute atomic E-state index is 11.3.